The molecule has 0 unspecified atom stereocenters. The third-order valence-electron chi connectivity index (χ3n) is 2.66. The van der Waals surface area contributed by atoms with Gasteiger partial charge < -0.3 is 16.4 Å². The van der Waals surface area contributed by atoms with Crippen molar-refractivity contribution in [1.82, 2.24) is 10.6 Å². The Kier molecular flexibility index (Phi) is 10.7. The second-order valence-electron chi connectivity index (χ2n) is 5.06. The molecule has 0 spiro atoms. The molecule has 0 radical (unpaired) electrons. The van der Waals surface area contributed by atoms with Gasteiger partial charge >= 0.3 is 0 Å². The zero-order chi connectivity index (χ0) is 14.8. The summed E-state index contributed by atoms with van der Waals surface area (Å²) in [5, 5.41) is 5.79. The van der Waals surface area contributed by atoms with E-state index in [1.54, 1.807) is 0 Å². The highest BCUT2D eigenvalue weighted by Gasteiger charge is 2.01. The van der Waals surface area contributed by atoms with Gasteiger partial charge in [-0.05, 0) is 17.9 Å². The summed E-state index contributed by atoms with van der Waals surface area (Å²) in [6.45, 7) is 5.58. The van der Waals surface area contributed by atoms with Crippen molar-refractivity contribution in [2.75, 3.05) is 19.6 Å². The van der Waals surface area contributed by atoms with E-state index in [1.807, 2.05) is 30.3 Å². The Morgan fingerprint density at radius 2 is 1.90 bits per heavy atom. The molecule has 0 heterocycles. The van der Waals surface area contributed by atoms with Crippen LogP contribution in [0.1, 0.15) is 19.4 Å². The number of halogens is 1. The maximum absolute atomic E-state index is 11.6. The number of rotatable bonds is 7. The highest BCUT2D eigenvalue weighted by molar-refractivity contribution is 14.0. The highest BCUT2D eigenvalue weighted by atomic mass is 127. The third kappa shape index (κ3) is 10.1. The van der Waals surface area contributed by atoms with E-state index >= 15 is 0 Å². The van der Waals surface area contributed by atoms with Gasteiger partial charge in [0.05, 0.1) is 0 Å². The Morgan fingerprint density at radius 1 is 1.24 bits per heavy atom. The lowest BCUT2D eigenvalue weighted by Gasteiger charge is -2.08. The summed E-state index contributed by atoms with van der Waals surface area (Å²) in [5.41, 5.74) is 6.85. The average Bonchev–Trinajstić information content (AvgIpc) is 2.44. The van der Waals surface area contributed by atoms with Gasteiger partial charge in [0.15, 0.2) is 5.96 Å². The first-order chi connectivity index (χ1) is 9.58. The predicted molar refractivity (Wildman–Crippen MR) is 97.9 cm³/mol. The fraction of sp³-hybridized carbons (Fsp3) is 0.467. The molecular formula is C15H25IN4O. The van der Waals surface area contributed by atoms with Gasteiger partial charge in [-0.15, -0.1) is 24.0 Å². The van der Waals surface area contributed by atoms with Crippen molar-refractivity contribution >= 4 is 35.8 Å². The van der Waals surface area contributed by atoms with Crippen LogP contribution in [0.4, 0.5) is 0 Å². The second kappa shape index (κ2) is 11.4. The number of nitrogens with two attached hydrogens (primary N) is 1. The first-order valence-corrected chi connectivity index (χ1v) is 6.92. The van der Waals surface area contributed by atoms with Crippen LogP contribution in [0.15, 0.2) is 35.3 Å². The van der Waals surface area contributed by atoms with Gasteiger partial charge in [0, 0.05) is 13.1 Å². The van der Waals surface area contributed by atoms with Gasteiger partial charge in [0.1, 0.15) is 6.54 Å². The standard InChI is InChI=1S/C15H24N4O.HI/c1-12(2)10-18-15(16)19-11-14(20)17-9-8-13-6-4-3-5-7-13;/h3-7,12H,8-11H2,1-2H3,(H,17,20)(H3,16,18,19);1H. The lowest BCUT2D eigenvalue weighted by atomic mass is 10.1. The normalized spacial score (nSPS) is 10.9. The molecule has 6 heteroatoms. The molecule has 0 aromatic heterocycles. The van der Waals surface area contributed by atoms with E-state index in [0.29, 0.717) is 18.4 Å². The van der Waals surface area contributed by atoms with Crippen LogP contribution in [-0.4, -0.2) is 31.5 Å². The quantitative estimate of drug-likeness (QED) is 0.366. The fourth-order valence-electron chi connectivity index (χ4n) is 1.57. The molecule has 0 aliphatic rings. The molecule has 1 amide bonds. The van der Waals surface area contributed by atoms with Crippen molar-refractivity contribution in [1.29, 1.82) is 0 Å². The smallest absolute Gasteiger partial charge is 0.241 e. The van der Waals surface area contributed by atoms with Crippen molar-refractivity contribution in [2.24, 2.45) is 16.6 Å². The number of amides is 1. The Bertz CT molecular complexity index is 435. The minimum atomic E-state index is -0.116. The summed E-state index contributed by atoms with van der Waals surface area (Å²) in [5.74, 6) is 0.690. The summed E-state index contributed by atoms with van der Waals surface area (Å²) in [6.07, 6.45) is 0.817. The molecule has 0 saturated carbocycles. The largest absolute Gasteiger partial charge is 0.370 e. The van der Waals surface area contributed by atoms with Crippen LogP contribution in [-0.2, 0) is 11.2 Å². The van der Waals surface area contributed by atoms with Crippen LogP contribution >= 0.6 is 24.0 Å². The Hall–Kier alpha value is -1.31. The van der Waals surface area contributed by atoms with Gasteiger partial charge in [-0.3, -0.25) is 4.79 Å². The number of carbonyl (C=O) groups excluding carboxylic acids is 1. The second-order valence-corrected chi connectivity index (χ2v) is 5.06. The van der Waals surface area contributed by atoms with E-state index in [2.05, 4.69) is 29.5 Å². The summed E-state index contributed by atoms with van der Waals surface area (Å²) in [4.78, 5) is 15.6. The topological polar surface area (TPSA) is 79.5 Å². The molecule has 0 aliphatic heterocycles. The molecule has 5 nitrogen and oxygen atoms in total. The molecule has 118 valence electrons. The van der Waals surface area contributed by atoms with Crippen molar-refractivity contribution in [3.8, 4) is 0 Å². The molecule has 1 aromatic carbocycles. The van der Waals surface area contributed by atoms with E-state index < -0.39 is 0 Å². The molecule has 1 aromatic rings. The lowest BCUT2D eigenvalue weighted by molar-refractivity contribution is -0.119. The number of guanidine groups is 1. The van der Waals surface area contributed by atoms with Crippen molar-refractivity contribution in [3.63, 3.8) is 0 Å². The van der Waals surface area contributed by atoms with Crippen LogP contribution in [0.3, 0.4) is 0 Å². The molecule has 0 atom stereocenters. The van der Waals surface area contributed by atoms with Crippen molar-refractivity contribution in [3.05, 3.63) is 35.9 Å². The maximum Gasteiger partial charge on any atom is 0.241 e. The Balaban J connectivity index is 0.00000400. The first-order valence-electron chi connectivity index (χ1n) is 6.92. The van der Waals surface area contributed by atoms with Crippen molar-refractivity contribution in [2.45, 2.75) is 20.3 Å². The van der Waals surface area contributed by atoms with E-state index in [4.69, 9.17) is 5.73 Å². The predicted octanol–water partition coefficient (Wildman–Crippen LogP) is 1.52. The minimum Gasteiger partial charge on any atom is -0.370 e. The molecule has 0 bridgehead atoms. The van der Waals surface area contributed by atoms with Crippen LogP contribution in [0.2, 0.25) is 0 Å². The fourth-order valence-corrected chi connectivity index (χ4v) is 1.57. The van der Waals surface area contributed by atoms with E-state index in [-0.39, 0.29) is 36.4 Å². The molecular weight excluding hydrogens is 379 g/mol. The van der Waals surface area contributed by atoms with Crippen molar-refractivity contribution < 1.29 is 4.79 Å². The summed E-state index contributed by atoms with van der Waals surface area (Å²) >= 11 is 0. The Labute approximate surface area is 143 Å². The molecule has 0 fully saturated rings. The third-order valence-corrected chi connectivity index (χ3v) is 2.66. The monoisotopic (exact) mass is 404 g/mol. The Morgan fingerprint density at radius 3 is 2.52 bits per heavy atom. The summed E-state index contributed by atoms with van der Waals surface area (Å²) in [7, 11) is 0. The van der Waals surface area contributed by atoms with Crippen LogP contribution < -0.4 is 16.4 Å². The summed E-state index contributed by atoms with van der Waals surface area (Å²) in [6, 6.07) is 10.0. The number of nitrogens with one attached hydrogen (secondary N) is 2. The van der Waals surface area contributed by atoms with E-state index in [0.717, 1.165) is 13.0 Å². The van der Waals surface area contributed by atoms with Crippen LogP contribution in [0, 0.1) is 5.92 Å². The van der Waals surface area contributed by atoms with Crippen LogP contribution in [0.25, 0.3) is 0 Å². The molecule has 1 rings (SSSR count). The average molecular weight is 404 g/mol. The first kappa shape index (κ1) is 19.7. The zero-order valence-corrected chi connectivity index (χ0v) is 15.0. The zero-order valence-electron chi connectivity index (χ0n) is 12.6. The molecule has 0 aliphatic carbocycles. The number of carbonyl (C=O) groups is 1. The van der Waals surface area contributed by atoms with E-state index in [1.165, 1.54) is 5.56 Å². The number of aliphatic imine (C=N–C) groups is 1. The highest BCUT2D eigenvalue weighted by Crippen LogP contribution is 1.97. The van der Waals surface area contributed by atoms with Gasteiger partial charge in [0.2, 0.25) is 5.91 Å². The van der Waals surface area contributed by atoms with Crippen LogP contribution in [0.5, 0.6) is 0 Å². The number of nitrogens with zero attached hydrogens (tertiary/aromatic N) is 1. The number of benzene rings is 1. The van der Waals surface area contributed by atoms with Gasteiger partial charge in [0.25, 0.3) is 0 Å². The number of hydrogen-bond acceptors (Lipinski definition) is 2. The lowest BCUT2D eigenvalue weighted by Crippen LogP contribution is -2.36. The van der Waals surface area contributed by atoms with Gasteiger partial charge in [-0.25, -0.2) is 4.99 Å². The molecule has 0 saturated heterocycles. The SMILES string of the molecule is CC(C)CNC(N)=NCC(=O)NCCc1ccccc1.I. The molecule has 4 N–H and O–H groups in total. The van der Waals surface area contributed by atoms with Gasteiger partial charge in [-0.2, -0.15) is 0 Å². The summed E-state index contributed by atoms with van der Waals surface area (Å²) < 4.78 is 0. The molecule has 21 heavy (non-hydrogen) atoms. The minimum absolute atomic E-state index is 0. The number of hydrogen-bond donors (Lipinski definition) is 3. The maximum atomic E-state index is 11.6. The van der Waals surface area contributed by atoms with Gasteiger partial charge in [-0.1, -0.05) is 44.2 Å². The van der Waals surface area contributed by atoms with E-state index in [9.17, 15) is 4.79 Å².